The molecule has 5 rings (SSSR count). The first-order valence-electron chi connectivity index (χ1n) is 13.8. The van der Waals surface area contributed by atoms with Crippen molar-refractivity contribution in [3.63, 3.8) is 0 Å². The Kier molecular flexibility index (Phi) is 9.52. The third-order valence-corrected chi connectivity index (χ3v) is 8.12. The Morgan fingerprint density at radius 2 is 1.07 bits per heavy atom. The van der Waals surface area contributed by atoms with Crippen LogP contribution < -0.4 is 9.47 Å². The molecule has 0 saturated heterocycles. The second kappa shape index (κ2) is 13.6. The molecule has 0 bridgehead atoms. The van der Waals surface area contributed by atoms with Crippen molar-refractivity contribution in [2.24, 2.45) is 0 Å². The van der Waals surface area contributed by atoms with Gasteiger partial charge in [0.2, 0.25) is 0 Å². The highest BCUT2D eigenvalue weighted by atomic mass is 32.1. The molecule has 1 aromatic heterocycles. The number of aryl methyl sites for hydroxylation is 2. The lowest BCUT2D eigenvalue weighted by atomic mass is 9.92. The number of hydrogen-bond acceptors (Lipinski definition) is 5. The second-order valence-corrected chi connectivity index (χ2v) is 11.1. The monoisotopic (exact) mass is 564 g/mol. The Bertz CT molecular complexity index is 1570. The van der Waals surface area contributed by atoms with E-state index in [1.165, 1.54) is 32.0 Å². The van der Waals surface area contributed by atoms with Crippen molar-refractivity contribution in [3.05, 3.63) is 108 Å². The standard InChI is InChI=1S/C36H36O4S/c1-25-15-17-32(39-21-19-37-3)30(23-25)31-24-29(16-18-33(31)40-22-20-38-4)36-35(28-13-9-6-10-14-28)34(26(2)41-36)27-11-7-5-8-12-27/h5-18,23-24H,19-22H2,1-4H3. The van der Waals surface area contributed by atoms with Crippen LogP contribution in [0.25, 0.3) is 43.8 Å². The van der Waals surface area contributed by atoms with Crippen LogP contribution in [0.15, 0.2) is 97.1 Å². The summed E-state index contributed by atoms with van der Waals surface area (Å²) in [5, 5.41) is 0. The quantitative estimate of drug-likeness (QED) is 0.142. The molecule has 0 aliphatic carbocycles. The number of rotatable bonds is 12. The van der Waals surface area contributed by atoms with Crippen molar-refractivity contribution in [2.75, 3.05) is 40.6 Å². The number of hydrogen-bond donors (Lipinski definition) is 0. The Morgan fingerprint density at radius 3 is 1.66 bits per heavy atom. The van der Waals surface area contributed by atoms with Gasteiger partial charge in [-0.3, -0.25) is 0 Å². The summed E-state index contributed by atoms with van der Waals surface area (Å²) in [6.07, 6.45) is 0. The lowest BCUT2D eigenvalue weighted by Crippen LogP contribution is -2.07. The fourth-order valence-electron chi connectivity index (χ4n) is 5.04. The van der Waals surface area contributed by atoms with Gasteiger partial charge >= 0.3 is 0 Å². The van der Waals surface area contributed by atoms with Crippen molar-refractivity contribution in [1.82, 2.24) is 0 Å². The molecule has 0 atom stereocenters. The van der Waals surface area contributed by atoms with Gasteiger partial charge in [0.25, 0.3) is 0 Å². The van der Waals surface area contributed by atoms with Crippen LogP contribution in [0.4, 0.5) is 0 Å². The normalized spacial score (nSPS) is 11.0. The van der Waals surface area contributed by atoms with Crippen molar-refractivity contribution < 1.29 is 18.9 Å². The first kappa shape index (κ1) is 28.6. The first-order chi connectivity index (χ1) is 20.1. The van der Waals surface area contributed by atoms with Gasteiger partial charge in [0.1, 0.15) is 24.7 Å². The highest BCUT2D eigenvalue weighted by molar-refractivity contribution is 7.16. The molecule has 210 valence electrons. The van der Waals surface area contributed by atoms with E-state index in [0.29, 0.717) is 26.4 Å². The minimum absolute atomic E-state index is 0.458. The zero-order valence-electron chi connectivity index (χ0n) is 24.1. The predicted octanol–water partition coefficient (Wildman–Crippen LogP) is 9.08. The van der Waals surface area contributed by atoms with Crippen molar-refractivity contribution >= 4 is 11.3 Å². The number of methoxy groups -OCH3 is 2. The molecule has 4 aromatic carbocycles. The Labute approximate surface area is 247 Å². The molecule has 0 radical (unpaired) electrons. The zero-order valence-corrected chi connectivity index (χ0v) is 24.9. The van der Waals surface area contributed by atoms with Gasteiger partial charge in [0.15, 0.2) is 0 Å². The molecule has 41 heavy (non-hydrogen) atoms. The average molecular weight is 565 g/mol. The summed E-state index contributed by atoms with van der Waals surface area (Å²) in [5.41, 5.74) is 9.21. The molecule has 0 aliphatic rings. The SMILES string of the molecule is COCCOc1ccc(C)cc1-c1cc(-c2sc(C)c(-c3ccccc3)c2-c2ccccc2)ccc1OCCOC. The van der Waals surface area contributed by atoms with Gasteiger partial charge in [0, 0.05) is 46.2 Å². The zero-order chi connectivity index (χ0) is 28.6. The van der Waals surface area contributed by atoms with E-state index in [1.54, 1.807) is 14.2 Å². The van der Waals surface area contributed by atoms with Gasteiger partial charge in [-0.05, 0) is 60.9 Å². The van der Waals surface area contributed by atoms with Crippen LogP contribution in [0.1, 0.15) is 10.4 Å². The highest BCUT2D eigenvalue weighted by Gasteiger charge is 2.22. The summed E-state index contributed by atoms with van der Waals surface area (Å²) in [6, 6.07) is 34.1. The van der Waals surface area contributed by atoms with E-state index in [2.05, 4.69) is 105 Å². The molecule has 0 unspecified atom stereocenters. The summed E-state index contributed by atoms with van der Waals surface area (Å²) >= 11 is 1.83. The summed E-state index contributed by atoms with van der Waals surface area (Å²) < 4.78 is 23.0. The Hall–Kier alpha value is -3.90. The van der Waals surface area contributed by atoms with Crippen molar-refractivity contribution in [3.8, 4) is 55.3 Å². The van der Waals surface area contributed by atoms with Crippen LogP contribution in [-0.2, 0) is 9.47 Å². The molecule has 5 heteroatoms. The fourth-order valence-corrected chi connectivity index (χ4v) is 6.23. The average Bonchev–Trinajstić information content (AvgIpc) is 3.36. The Balaban J connectivity index is 1.70. The minimum Gasteiger partial charge on any atom is -0.491 e. The molecule has 0 amide bonds. The lowest BCUT2D eigenvalue weighted by Gasteiger charge is -2.18. The van der Waals surface area contributed by atoms with Crippen LogP contribution >= 0.6 is 11.3 Å². The molecule has 1 heterocycles. The lowest BCUT2D eigenvalue weighted by molar-refractivity contribution is 0.145. The topological polar surface area (TPSA) is 36.9 Å². The van der Waals surface area contributed by atoms with Crippen LogP contribution in [-0.4, -0.2) is 40.6 Å². The van der Waals surface area contributed by atoms with Crippen LogP contribution in [0.2, 0.25) is 0 Å². The van der Waals surface area contributed by atoms with E-state index in [4.69, 9.17) is 18.9 Å². The van der Waals surface area contributed by atoms with E-state index in [1.807, 2.05) is 17.4 Å². The van der Waals surface area contributed by atoms with Gasteiger partial charge in [-0.2, -0.15) is 0 Å². The van der Waals surface area contributed by atoms with Crippen LogP contribution in [0.5, 0.6) is 11.5 Å². The minimum atomic E-state index is 0.458. The first-order valence-corrected chi connectivity index (χ1v) is 14.7. The predicted molar refractivity (Wildman–Crippen MR) is 170 cm³/mol. The number of ether oxygens (including phenoxy) is 4. The Morgan fingerprint density at radius 1 is 0.537 bits per heavy atom. The smallest absolute Gasteiger partial charge is 0.127 e. The molecule has 0 fully saturated rings. The van der Waals surface area contributed by atoms with E-state index >= 15 is 0 Å². The molecule has 0 spiro atoms. The molecule has 0 N–H and O–H groups in total. The third kappa shape index (κ3) is 6.54. The molecule has 4 nitrogen and oxygen atoms in total. The van der Waals surface area contributed by atoms with Gasteiger partial charge in [-0.15, -0.1) is 11.3 Å². The van der Waals surface area contributed by atoms with E-state index in [9.17, 15) is 0 Å². The summed E-state index contributed by atoms with van der Waals surface area (Å²) in [6.45, 7) is 6.26. The van der Waals surface area contributed by atoms with Gasteiger partial charge in [-0.25, -0.2) is 0 Å². The molecular formula is C36H36O4S. The largest absolute Gasteiger partial charge is 0.491 e. The third-order valence-electron chi connectivity index (χ3n) is 6.97. The van der Waals surface area contributed by atoms with E-state index in [0.717, 1.165) is 33.8 Å². The van der Waals surface area contributed by atoms with Crippen LogP contribution in [0, 0.1) is 13.8 Å². The van der Waals surface area contributed by atoms with Crippen LogP contribution in [0.3, 0.4) is 0 Å². The molecular weight excluding hydrogens is 528 g/mol. The summed E-state index contributed by atoms with van der Waals surface area (Å²) in [5.74, 6) is 1.60. The van der Waals surface area contributed by atoms with Crippen molar-refractivity contribution in [2.45, 2.75) is 13.8 Å². The van der Waals surface area contributed by atoms with E-state index < -0.39 is 0 Å². The summed E-state index contributed by atoms with van der Waals surface area (Å²) in [7, 11) is 3.37. The maximum Gasteiger partial charge on any atom is 0.127 e. The second-order valence-electron chi connectivity index (χ2n) is 9.86. The maximum atomic E-state index is 6.25. The molecule has 0 saturated carbocycles. The molecule has 5 aromatic rings. The van der Waals surface area contributed by atoms with E-state index in [-0.39, 0.29) is 0 Å². The number of thiophene rings is 1. The van der Waals surface area contributed by atoms with Gasteiger partial charge in [-0.1, -0.05) is 72.3 Å². The summed E-state index contributed by atoms with van der Waals surface area (Å²) in [4.78, 5) is 2.51. The fraction of sp³-hybridized carbons (Fsp3) is 0.222. The molecule has 0 aliphatic heterocycles. The number of benzene rings is 4. The highest BCUT2D eigenvalue weighted by Crippen LogP contribution is 2.49. The van der Waals surface area contributed by atoms with Gasteiger partial charge < -0.3 is 18.9 Å². The van der Waals surface area contributed by atoms with Gasteiger partial charge in [0.05, 0.1) is 13.2 Å². The maximum absolute atomic E-state index is 6.25. The van der Waals surface area contributed by atoms with Crippen molar-refractivity contribution in [1.29, 1.82) is 0 Å².